The van der Waals surface area contributed by atoms with Gasteiger partial charge in [-0.25, -0.2) is 0 Å². The molecular formula is C38H50O14Si2. The van der Waals surface area contributed by atoms with Crippen molar-refractivity contribution in [2.45, 2.75) is 130 Å². The SMILES string of the molecule is CC(=O)OC[C@H]1O[C@H](C#C[Si](C)(C)C)[C@H](OC(C)=O)[C@@H](OC(C)=O)[C@@H]1C#CC#C[C@H]1[C@H](OC(C)=O)[C@@H](OC(C)=O)[C@@H](C#C[Si](C)(C)C)O[C@@H]1COC(C)=O. The van der Waals surface area contributed by atoms with E-state index in [4.69, 9.17) is 37.9 Å². The fraction of sp³-hybridized carbons (Fsp3) is 0.632. The van der Waals surface area contributed by atoms with Crippen molar-refractivity contribution < 1.29 is 66.7 Å². The molecule has 0 aromatic rings. The minimum Gasteiger partial charge on any atom is -0.463 e. The van der Waals surface area contributed by atoms with Crippen molar-refractivity contribution in [3.05, 3.63) is 0 Å². The first-order valence-corrected chi connectivity index (χ1v) is 24.3. The quantitative estimate of drug-likeness (QED) is 0.152. The summed E-state index contributed by atoms with van der Waals surface area (Å²) in [6, 6.07) is 0. The molecule has 14 nitrogen and oxygen atoms in total. The molecule has 2 fully saturated rings. The summed E-state index contributed by atoms with van der Waals surface area (Å²) < 4.78 is 45.5. The number of esters is 6. The average molecular weight is 787 g/mol. The van der Waals surface area contributed by atoms with Crippen LogP contribution >= 0.6 is 0 Å². The normalized spacial score (nSPS) is 27.5. The number of carbonyl (C=O) groups is 6. The average Bonchev–Trinajstić information content (AvgIpc) is 3.01. The van der Waals surface area contributed by atoms with Gasteiger partial charge in [0, 0.05) is 41.5 Å². The Morgan fingerprint density at radius 2 is 0.759 bits per heavy atom. The molecule has 54 heavy (non-hydrogen) atoms. The Labute approximate surface area is 319 Å². The molecule has 0 aliphatic carbocycles. The standard InChI is InChI=1S/C38H50O14Si2/c1-23(39)45-21-33-29(35(47-25(3)41)37(49-27(5)43)31(51-33)17-19-53(7,8)9)15-13-14-16-30-34(22-46-24(2)40)52-32(18-20-54(10,11)12)38(50-28(6)44)36(30)48-26(4)42/h29-38H,21-22H2,1-12H3/t29-,30-,31-,32-,33-,34-,35+,36+,37+,38+/m1/s1. The van der Waals surface area contributed by atoms with Crippen molar-refractivity contribution in [2.24, 2.45) is 11.8 Å². The van der Waals surface area contributed by atoms with E-state index in [2.05, 4.69) is 46.6 Å². The van der Waals surface area contributed by atoms with Crippen LogP contribution in [0.4, 0.5) is 0 Å². The van der Waals surface area contributed by atoms with E-state index in [1.54, 1.807) is 0 Å². The topological polar surface area (TPSA) is 176 Å². The zero-order valence-electron chi connectivity index (χ0n) is 32.9. The maximum atomic E-state index is 12.4. The number of hydrogen-bond donors (Lipinski definition) is 0. The molecule has 0 saturated carbocycles. The maximum absolute atomic E-state index is 12.4. The van der Waals surface area contributed by atoms with Gasteiger partial charge in [0.2, 0.25) is 0 Å². The second-order valence-electron chi connectivity index (χ2n) is 14.7. The van der Waals surface area contributed by atoms with Crippen LogP contribution in [-0.2, 0) is 66.7 Å². The summed E-state index contributed by atoms with van der Waals surface area (Å²) in [5, 5.41) is 0. The molecule has 0 N–H and O–H groups in total. The number of rotatable bonds is 8. The van der Waals surface area contributed by atoms with Crippen LogP contribution in [0.15, 0.2) is 0 Å². The Kier molecular flexibility index (Phi) is 17.0. The van der Waals surface area contributed by atoms with Crippen molar-refractivity contribution in [2.75, 3.05) is 13.2 Å². The molecule has 0 radical (unpaired) electrons. The fourth-order valence-corrected chi connectivity index (χ4v) is 6.41. The van der Waals surface area contributed by atoms with Gasteiger partial charge in [0.25, 0.3) is 0 Å². The predicted molar refractivity (Wildman–Crippen MR) is 198 cm³/mol. The smallest absolute Gasteiger partial charge is 0.303 e. The minimum absolute atomic E-state index is 0.308. The molecule has 2 aliphatic heterocycles. The molecule has 0 aromatic carbocycles. The Morgan fingerprint density at radius 1 is 0.463 bits per heavy atom. The van der Waals surface area contributed by atoms with E-state index < -0.39 is 113 Å². The first-order valence-electron chi connectivity index (χ1n) is 17.3. The van der Waals surface area contributed by atoms with Crippen molar-refractivity contribution >= 4 is 52.0 Å². The van der Waals surface area contributed by atoms with Gasteiger partial charge in [-0.05, 0) is 11.8 Å². The lowest BCUT2D eigenvalue weighted by Gasteiger charge is -2.42. The molecule has 0 bridgehead atoms. The van der Waals surface area contributed by atoms with Crippen molar-refractivity contribution in [1.82, 2.24) is 0 Å². The van der Waals surface area contributed by atoms with Crippen LogP contribution in [0.5, 0.6) is 0 Å². The monoisotopic (exact) mass is 786 g/mol. The molecule has 0 amide bonds. The molecule has 0 unspecified atom stereocenters. The van der Waals surface area contributed by atoms with Crippen LogP contribution in [0.2, 0.25) is 39.3 Å². The highest BCUT2D eigenvalue weighted by molar-refractivity contribution is 6.84. The van der Waals surface area contributed by atoms with Gasteiger partial charge in [0.05, 0.1) is 11.8 Å². The largest absolute Gasteiger partial charge is 0.463 e. The van der Waals surface area contributed by atoms with E-state index in [0.29, 0.717) is 0 Å². The van der Waals surface area contributed by atoms with E-state index >= 15 is 0 Å². The van der Waals surface area contributed by atoms with Gasteiger partial charge in [-0.2, -0.15) is 0 Å². The van der Waals surface area contributed by atoms with Crippen molar-refractivity contribution in [3.63, 3.8) is 0 Å². The van der Waals surface area contributed by atoms with Gasteiger partial charge in [0.15, 0.2) is 36.6 Å². The highest BCUT2D eigenvalue weighted by Gasteiger charge is 2.51. The third-order valence-electron chi connectivity index (χ3n) is 7.23. The number of ether oxygens (including phenoxy) is 8. The Morgan fingerprint density at radius 3 is 1.02 bits per heavy atom. The van der Waals surface area contributed by atoms with Gasteiger partial charge < -0.3 is 37.9 Å². The van der Waals surface area contributed by atoms with Crippen molar-refractivity contribution in [3.8, 4) is 46.6 Å². The zero-order valence-corrected chi connectivity index (χ0v) is 34.9. The maximum Gasteiger partial charge on any atom is 0.303 e. The Bertz CT molecular complexity index is 1560. The second-order valence-corrected chi connectivity index (χ2v) is 24.2. The molecule has 2 rings (SSSR count). The van der Waals surface area contributed by atoms with E-state index in [1.165, 1.54) is 41.5 Å². The summed E-state index contributed by atoms with van der Waals surface area (Å²) in [4.78, 5) is 73.0. The summed E-state index contributed by atoms with van der Waals surface area (Å²) in [6.07, 6.45) is -9.00. The zero-order chi connectivity index (χ0) is 41.0. The summed E-state index contributed by atoms with van der Waals surface area (Å²) in [5.74, 6) is 11.2. The summed E-state index contributed by atoms with van der Waals surface area (Å²) in [5.41, 5.74) is 6.36. The highest BCUT2D eigenvalue weighted by Crippen LogP contribution is 2.33. The van der Waals surface area contributed by atoms with Crippen molar-refractivity contribution in [1.29, 1.82) is 0 Å². The van der Waals surface area contributed by atoms with E-state index in [-0.39, 0.29) is 13.2 Å². The van der Waals surface area contributed by atoms with E-state index in [1.807, 2.05) is 39.3 Å². The molecular weight excluding hydrogens is 737 g/mol. The number of carbonyl (C=O) groups excluding carboxylic acids is 6. The van der Waals surface area contributed by atoms with Crippen LogP contribution in [0.3, 0.4) is 0 Å². The molecule has 10 atom stereocenters. The number of hydrogen-bond acceptors (Lipinski definition) is 14. The van der Waals surface area contributed by atoms with E-state index in [0.717, 1.165) is 0 Å². The predicted octanol–water partition coefficient (Wildman–Crippen LogP) is 2.38. The Balaban J connectivity index is 2.76. The third-order valence-corrected chi connectivity index (χ3v) is 9.01. The fourth-order valence-electron chi connectivity index (χ4n) is 5.26. The summed E-state index contributed by atoms with van der Waals surface area (Å²) in [6.45, 7) is 18.6. The third kappa shape index (κ3) is 15.8. The highest BCUT2D eigenvalue weighted by atomic mass is 28.3. The summed E-state index contributed by atoms with van der Waals surface area (Å²) in [7, 11) is -3.94. The first-order chi connectivity index (χ1) is 25.0. The van der Waals surface area contributed by atoms with Gasteiger partial charge in [-0.15, -0.1) is 11.1 Å². The first kappa shape index (κ1) is 45.6. The lowest BCUT2D eigenvalue weighted by Crippen LogP contribution is -2.58. The molecule has 2 heterocycles. The lowest BCUT2D eigenvalue weighted by atomic mass is 9.86. The second kappa shape index (κ2) is 20.2. The molecule has 0 aromatic heterocycles. The van der Waals surface area contributed by atoms with Crippen LogP contribution in [0.1, 0.15) is 41.5 Å². The van der Waals surface area contributed by atoms with Crippen LogP contribution < -0.4 is 0 Å². The van der Waals surface area contributed by atoms with Gasteiger partial charge in [0.1, 0.15) is 41.6 Å². The van der Waals surface area contributed by atoms with E-state index in [9.17, 15) is 28.8 Å². The molecule has 16 heteroatoms. The Hall–Kier alpha value is -4.59. The summed E-state index contributed by atoms with van der Waals surface area (Å²) >= 11 is 0. The van der Waals surface area contributed by atoms with Gasteiger partial charge in [-0.1, -0.05) is 63.0 Å². The lowest BCUT2D eigenvalue weighted by molar-refractivity contribution is -0.213. The molecule has 294 valence electrons. The van der Waals surface area contributed by atoms with Gasteiger partial charge in [-0.3, -0.25) is 28.8 Å². The molecule has 0 spiro atoms. The van der Waals surface area contributed by atoms with Crippen LogP contribution in [0, 0.1) is 58.4 Å². The van der Waals surface area contributed by atoms with Crippen LogP contribution in [-0.4, -0.2) is 114 Å². The molecule has 2 aliphatic rings. The van der Waals surface area contributed by atoms with Crippen LogP contribution in [0.25, 0.3) is 0 Å². The van der Waals surface area contributed by atoms with Gasteiger partial charge >= 0.3 is 35.8 Å². The molecule has 2 saturated heterocycles. The minimum atomic E-state index is -1.97.